The number of anilines is 2. The summed E-state index contributed by atoms with van der Waals surface area (Å²) in [5.74, 6) is 0.906. The summed E-state index contributed by atoms with van der Waals surface area (Å²) in [5.41, 5.74) is 25.6. The van der Waals surface area contributed by atoms with Crippen LogP contribution in [0.3, 0.4) is 0 Å². The standard InChI is InChI=1S/C61H94N2/c1-5-7-9-11-13-15-17-22-26-30-34-60(58-46-44-56(62)48-50(58)3)54-40-36-52(37-41-54)32-28-24-20-19-21-25-29-33-53-38-42-55(43-39-53)61(59-47-45-57(63)49-51(59)4)35-31-27-23-18-16-14-12-10-8-6-2/h36-49,60-61H,5-35,62-63H2,1-4H3. The van der Waals surface area contributed by atoms with Gasteiger partial charge in [0.15, 0.2) is 0 Å². The molecule has 0 aromatic heterocycles. The molecule has 2 heteroatoms. The van der Waals surface area contributed by atoms with E-state index >= 15 is 0 Å². The highest BCUT2D eigenvalue weighted by Crippen LogP contribution is 2.35. The Hall–Kier alpha value is -3.52. The molecule has 2 nitrogen and oxygen atoms in total. The van der Waals surface area contributed by atoms with Gasteiger partial charge in [0.05, 0.1) is 0 Å². The molecule has 0 radical (unpaired) electrons. The lowest BCUT2D eigenvalue weighted by Gasteiger charge is -2.21. The van der Waals surface area contributed by atoms with Crippen molar-refractivity contribution in [1.82, 2.24) is 0 Å². The van der Waals surface area contributed by atoms with Crippen molar-refractivity contribution in [2.24, 2.45) is 0 Å². The zero-order valence-electron chi connectivity index (χ0n) is 41.3. The van der Waals surface area contributed by atoms with Crippen LogP contribution in [0.5, 0.6) is 0 Å². The molecular weight excluding hydrogens is 761 g/mol. The van der Waals surface area contributed by atoms with Gasteiger partial charge in [0.1, 0.15) is 0 Å². The lowest BCUT2D eigenvalue weighted by Crippen LogP contribution is -2.05. The molecule has 4 aromatic carbocycles. The number of nitrogen functional groups attached to an aromatic ring is 2. The molecule has 4 N–H and O–H groups in total. The summed E-state index contributed by atoms with van der Waals surface area (Å²) >= 11 is 0. The van der Waals surface area contributed by atoms with Gasteiger partial charge < -0.3 is 11.5 Å². The summed E-state index contributed by atoms with van der Waals surface area (Å²) in [6.45, 7) is 9.08. The largest absolute Gasteiger partial charge is 0.399 e. The van der Waals surface area contributed by atoms with Crippen molar-refractivity contribution in [3.63, 3.8) is 0 Å². The summed E-state index contributed by atoms with van der Waals surface area (Å²) in [7, 11) is 0. The Morgan fingerprint density at radius 2 is 0.619 bits per heavy atom. The van der Waals surface area contributed by atoms with E-state index in [1.165, 1.54) is 244 Å². The number of rotatable bonds is 36. The average Bonchev–Trinajstić information content (AvgIpc) is 3.28. The minimum Gasteiger partial charge on any atom is -0.399 e. The fraction of sp³-hybridized carbons (Fsp3) is 0.607. The zero-order valence-corrected chi connectivity index (χ0v) is 41.3. The first kappa shape index (κ1) is 52.1. The van der Waals surface area contributed by atoms with Crippen molar-refractivity contribution in [1.29, 1.82) is 0 Å². The third-order valence-corrected chi connectivity index (χ3v) is 14.2. The molecule has 4 aromatic rings. The van der Waals surface area contributed by atoms with Crippen LogP contribution in [-0.4, -0.2) is 0 Å². The molecule has 0 fully saturated rings. The lowest BCUT2D eigenvalue weighted by atomic mass is 9.84. The van der Waals surface area contributed by atoms with Crippen molar-refractivity contribution in [3.05, 3.63) is 129 Å². The number of nitrogens with two attached hydrogens (primary N) is 2. The van der Waals surface area contributed by atoms with Crippen LogP contribution in [0.4, 0.5) is 11.4 Å². The number of hydrogen-bond donors (Lipinski definition) is 2. The van der Waals surface area contributed by atoms with Crippen LogP contribution < -0.4 is 11.5 Å². The second-order valence-electron chi connectivity index (χ2n) is 19.7. The molecule has 0 aliphatic carbocycles. The van der Waals surface area contributed by atoms with Gasteiger partial charge in [-0.15, -0.1) is 0 Å². The summed E-state index contributed by atoms with van der Waals surface area (Å²) in [4.78, 5) is 0. The second-order valence-corrected chi connectivity index (χ2v) is 19.7. The molecule has 0 aliphatic rings. The van der Waals surface area contributed by atoms with Gasteiger partial charge in [0, 0.05) is 23.2 Å². The second kappa shape index (κ2) is 32.2. The Morgan fingerprint density at radius 3 is 0.921 bits per heavy atom. The Kier molecular flexibility index (Phi) is 26.6. The van der Waals surface area contributed by atoms with E-state index in [9.17, 15) is 0 Å². The molecule has 0 saturated heterocycles. The Bertz CT molecular complexity index is 1610. The molecule has 0 spiro atoms. The van der Waals surface area contributed by atoms with Crippen molar-refractivity contribution in [3.8, 4) is 0 Å². The van der Waals surface area contributed by atoms with E-state index in [1.807, 2.05) is 0 Å². The summed E-state index contributed by atoms with van der Waals surface area (Å²) < 4.78 is 0. The van der Waals surface area contributed by atoms with Crippen molar-refractivity contribution >= 4 is 11.4 Å². The van der Waals surface area contributed by atoms with Gasteiger partial charge in [-0.2, -0.15) is 0 Å². The van der Waals surface area contributed by atoms with Crippen LogP contribution in [0.25, 0.3) is 0 Å². The molecule has 63 heavy (non-hydrogen) atoms. The lowest BCUT2D eigenvalue weighted by molar-refractivity contribution is 0.540. The number of hydrogen-bond acceptors (Lipinski definition) is 2. The van der Waals surface area contributed by atoms with Gasteiger partial charge in [-0.1, -0.05) is 235 Å². The molecular formula is C61H94N2. The highest BCUT2D eigenvalue weighted by Gasteiger charge is 2.18. The maximum atomic E-state index is 6.17. The Balaban J connectivity index is 1.12. The smallest absolute Gasteiger partial charge is 0.0316 e. The van der Waals surface area contributed by atoms with E-state index < -0.39 is 0 Å². The molecule has 0 aliphatic heterocycles. The maximum absolute atomic E-state index is 6.17. The van der Waals surface area contributed by atoms with Crippen molar-refractivity contribution in [2.75, 3.05) is 11.5 Å². The SMILES string of the molecule is CCCCCCCCCCCCC(c1ccc(CCCCCCCCCc2ccc(C(CCCCCCCCCCCC)c3ccc(N)cc3C)cc2)cc1)c1ccc(N)cc1C. The maximum Gasteiger partial charge on any atom is 0.0316 e. The van der Waals surface area contributed by atoms with E-state index in [-0.39, 0.29) is 0 Å². The van der Waals surface area contributed by atoms with Gasteiger partial charge in [-0.25, -0.2) is 0 Å². The molecule has 0 saturated carbocycles. The van der Waals surface area contributed by atoms with E-state index in [1.54, 1.807) is 0 Å². The van der Waals surface area contributed by atoms with Crippen LogP contribution in [0.1, 0.15) is 256 Å². The van der Waals surface area contributed by atoms with Gasteiger partial charge in [-0.3, -0.25) is 0 Å². The predicted octanol–water partition coefficient (Wildman–Crippen LogP) is 18.9. The van der Waals surface area contributed by atoms with Crippen LogP contribution >= 0.6 is 0 Å². The summed E-state index contributed by atoms with van der Waals surface area (Å²) in [5, 5.41) is 0. The summed E-state index contributed by atoms with van der Waals surface area (Å²) in [6, 6.07) is 32.5. The minimum absolute atomic E-state index is 0.453. The normalized spacial score (nSPS) is 12.5. The first-order valence-corrected chi connectivity index (χ1v) is 26.8. The third kappa shape index (κ3) is 20.9. The Morgan fingerprint density at radius 1 is 0.333 bits per heavy atom. The predicted molar refractivity (Wildman–Crippen MR) is 280 cm³/mol. The quantitative estimate of drug-likeness (QED) is 0.0354. The fourth-order valence-electron chi connectivity index (χ4n) is 10.2. The molecule has 4 rings (SSSR count). The van der Waals surface area contributed by atoms with Crippen LogP contribution in [0.2, 0.25) is 0 Å². The van der Waals surface area contributed by atoms with Crippen LogP contribution in [-0.2, 0) is 12.8 Å². The highest BCUT2D eigenvalue weighted by molar-refractivity contribution is 5.49. The minimum atomic E-state index is 0.453. The highest BCUT2D eigenvalue weighted by atomic mass is 14.5. The zero-order chi connectivity index (χ0) is 44.7. The van der Waals surface area contributed by atoms with Crippen molar-refractivity contribution in [2.45, 2.75) is 239 Å². The topological polar surface area (TPSA) is 52.0 Å². The van der Waals surface area contributed by atoms with E-state index in [4.69, 9.17) is 11.5 Å². The van der Waals surface area contributed by atoms with Crippen LogP contribution in [0, 0.1) is 13.8 Å². The molecule has 2 unspecified atom stereocenters. The van der Waals surface area contributed by atoms with Crippen molar-refractivity contribution < 1.29 is 0 Å². The van der Waals surface area contributed by atoms with Gasteiger partial charge in [-0.05, 0) is 121 Å². The Labute approximate surface area is 389 Å². The molecule has 2 atom stereocenters. The molecule has 0 heterocycles. The van der Waals surface area contributed by atoms with E-state index in [2.05, 4.69) is 113 Å². The first-order chi connectivity index (χ1) is 30.9. The number of benzene rings is 4. The summed E-state index contributed by atoms with van der Waals surface area (Å²) in [6.07, 6.45) is 41.8. The number of unbranched alkanes of at least 4 members (excludes halogenated alkanes) is 24. The average molecular weight is 855 g/mol. The van der Waals surface area contributed by atoms with Gasteiger partial charge in [0.2, 0.25) is 0 Å². The third-order valence-electron chi connectivity index (χ3n) is 14.2. The number of aryl methyl sites for hydroxylation is 4. The first-order valence-electron chi connectivity index (χ1n) is 26.8. The molecule has 348 valence electrons. The van der Waals surface area contributed by atoms with E-state index in [0.29, 0.717) is 11.8 Å². The molecule has 0 bridgehead atoms. The monoisotopic (exact) mass is 855 g/mol. The molecule has 0 amide bonds. The fourth-order valence-corrected chi connectivity index (χ4v) is 10.2. The van der Waals surface area contributed by atoms with E-state index in [0.717, 1.165) is 11.4 Å². The van der Waals surface area contributed by atoms with Gasteiger partial charge >= 0.3 is 0 Å². The van der Waals surface area contributed by atoms with Crippen LogP contribution in [0.15, 0.2) is 84.9 Å². The van der Waals surface area contributed by atoms with Gasteiger partial charge in [0.25, 0.3) is 0 Å².